The third kappa shape index (κ3) is 3.39. The standard InChI is InChI=1S/C23H24F2N2O2/c24-17-5-6-19(20(25)13-17)22-18-4-2-1-3-15(18)9-12-27(22)23(28)29-21-14-26-10-7-16(21)8-11-26/h1-6,13,16,21-22H,7-12,14H2/t21-,22-/m1/s1. The zero-order valence-corrected chi connectivity index (χ0v) is 16.2. The third-order valence-corrected chi connectivity index (χ3v) is 6.62. The Hall–Kier alpha value is -2.47. The molecular formula is C23H24F2N2O2. The van der Waals surface area contributed by atoms with Crippen LogP contribution >= 0.6 is 0 Å². The molecule has 0 N–H and O–H groups in total. The Morgan fingerprint density at radius 3 is 2.52 bits per heavy atom. The van der Waals surface area contributed by atoms with E-state index >= 15 is 0 Å². The smallest absolute Gasteiger partial charge is 0.410 e. The van der Waals surface area contributed by atoms with E-state index in [2.05, 4.69) is 4.90 Å². The second kappa shape index (κ2) is 7.41. The van der Waals surface area contributed by atoms with Crippen molar-refractivity contribution in [2.45, 2.75) is 31.4 Å². The summed E-state index contributed by atoms with van der Waals surface area (Å²) in [5.74, 6) is -0.869. The number of rotatable bonds is 2. The van der Waals surface area contributed by atoms with E-state index in [1.807, 2.05) is 24.3 Å². The lowest BCUT2D eigenvalue weighted by Crippen LogP contribution is -2.53. The first-order chi connectivity index (χ1) is 14.1. The van der Waals surface area contributed by atoms with E-state index < -0.39 is 23.8 Å². The molecule has 4 heterocycles. The Labute approximate surface area is 169 Å². The van der Waals surface area contributed by atoms with Gasteiger partial charge in [0.1, 0.15) is 17.7 Å². The molecule has 2 aromatic rings. The third-order valence-electron chi connectivity index (χ3n) is 6.62. The van der Waals surface area contributed by atoms with Crippen molar-refractivity contribution < 1.29 is 18.3 Å². The fraction of sp³-hybridized carbons (Fsp3) is 0.435. The lowest BCUT2D eigenvalue weighted by Gasteiger charge is -2.45. The van der Waals surface area contributed by atoms with E-state index in [0.717, 1.165) is 49.7 Å². The molecule has 152 valence electrons. The van der Waals surface area contributed by atoms with Crippen LogP contribution < -0.4 is 0 Å². The topological polar surface area (TPSA) is 32.8 Å². The number of hydrogen-bond donors (Lipinski definition) is 0. The molecule has 0 saturated carbocycles. The summed E-state index contributed by atoms with van der Waals surface area (Å²) >= 11 is 0. The summed E-state index contributed by atoms with van der Waals surface area (Å²) in [6.07, 6.45) is 2.27. The van der Waals surface area contributed by atoms with Crippen LogP contribution in [0.4, 0.5) is 13.6 Å². The Bertz CT molecular complexity index is 927. The van der Waals surface area contributed by atoms with Gasteiger partial charge in [-0.25, -0.2) is 13.6 Å². The normalized spacial score (nSPS) is 28.1. The second-order valence-electron chi connectivity index (χ2n) is 8.27. The number of carbonyl (C=O) groups excluding carboxylic acids is 1. The van der Waals surface area contributed by atoms with Gasteiger partial charge in [0.2, 0.25) is 0 Å². The van der Waals surface area contributed by atoms with Crippen LogP contribution in [0.3, 0.4) is 0 Å². The maximum Gasteiger partial charge on any atom is 0.410 e. The summed E-state index contributed by atoms with van der Waals surface area (Å²) in [6, 6.07) is 10.7. The quantitative estimate of drug-likeness (QED) is 0.762. The summed E-state index contributed by atoms with van der Waals surface area (Å²) < 4.78 is 34.2. The number of nitrogens with zero attached hydrogens (tertiary/aromatic N) is 2. The summed E-state index contributed by atoms with van der Waals surface area (Å²) in [7, 11) is 0. The van der Waals surface area contributed by atoms with Gasteiger partial charge in [-0.05, 0) is 55.5 Å². The number of carbonyl (C=O) groups is 1. The van der Waals surface area contributed by atoms with Gasteiger partial charge in [-0.1, -0.05) is 30.3 Å². The molecule has 1 amide bonds. The van der Waals surface area contributed by atoms with E-state index in [4.69, 9.17) is 4.74 Å². The van der Waals surface area contributed by atoms with Crippen LogP contribution in [-0.4, -0.2) is 48.2 Å². The van der Waals surface area contributed by atoms with Crippen LogP contribution in [0.5, 0.6) is 0 Å². The van der Waals surface area contributed by atoms with Crippen molar-refractivity contribution in [1.82, 2.24) is 9.80 Å². The summed E-state index contributed by atoms with van der Waals surface area (Å²) in [5, 5.41) is 0. The molecule has 4 aliphatic heterocycles. The van der Waals surface area contributed by atoms with E-state index in [1.165, 1.54) is 12.1 Å². The van der Waals surface area contributed by atoms with Crippen molar-refractivity contribution in [1.29, 1.82) is 0 Å². The van der Waals surface area contributed by atoms with E-state index in [1.54, 1.807) is 4.90 Å². The number of benzene rings is 2. The van der Waals surface area contributed by atoms with Gasteiger partial charge >= 0.3 is 6.09 Å². The molecule has 0 unspecified atom stereocenters. The molecular weight excluding hydrogens is 374 g/mol. The zero-order chi connectivity index (χ0) is 20.0. The predicted octanol–water partition coefficient (Wildman–Crippen LogP) is 4.14. The van der Waals surface area contributed by atoms with Gasteiger partial charge in [0.05, 0.1) is 6.04 Å². The first-order valence-corrected chi connectivity index (χ1v) is 10.3. The van der Waals surface area contributed by atoms with Gasteiger partial charge in [-0.15, -0.1) is 0 Å². The molecule has 2 bridgehead atoms. The van der Waals surface area contributed by atoms with Gasteiger partial charge in [0, 0.05) is 24.7 Å². The molecule has 6 rings (SSSR count). The Balaban J connectivity index is 1.47. The molecule has 4 nitrogen and oxygen atoms in total. The highest BCUT2D eigenvalue weighted by atomic mass is 19.1. The van der Waals surface area contributed by atoms with Crippen LogP contribution in [0.2, 0.25) is 0 Å². The molecule has 4 aliphatic rings. The second-order valence-corrected chi connectivity index (χ2v) is 8.27. The van der Waals surface area contributed by atoms with Crippen molar-refractivity contribution in [2.24, 2.45) is 5.92 Å². The highest BCUT2D eigenvalue weighted by Gasteiger charge is 2.40. The minimum absolute atomic E-state index is 0.110. The molecule has 0 radical (unpaired) electrons. The van der Waals surface area contributed by atoms with Crippen molar-refractivity contribution in [3.05, 3.63) is 70.8 Å². The minimum Gasteiger partial charge on any atom is -0.444 e. The van der Waals surface area contributed by atoms with E-state index in [9.17, 15) is 13.6 Å². The van der Waals surface area contributed by atoms with Gasteiger partial charge in [0.25, 0.3) is 0 Å². The maximum absolute atomic E-state index is 14.7. The Kier molecular flexibility index (Phi) is 4.74. The number of amides is 1. The average molecular weight is 398 g/mol. The highest BCUT2D eigenvalue weighted by Crippen LogP contribution is 2.38. The molecule has 0 spiro atoms. The molecule has 2 aromatic carbocycles. The molecule has 6 heteroatoms. The number of piperidine rings is 3. The molecule has 2 atom stereocenters. The molecule has 3 fully saturated rings. The highest BCUT2D eigenvalue weighted by molar-refractivity contribution is 5.70. The van der Waals surface area contributed by atoms with Crippen LogP contribution in [0, 0.1) is 17.6 Å². The van der Waals surface area contributed by atoms with Gasteiger partial charge in [0.15, 0.2) is 0 Å². The van der Waals surface area contributed by atoms with Crippen molar-refractivity contribution in [3.63, 3.8) is 0 Å². The monoisotopic (exact) mass is 398 g/mol. The van der Waals surface area contributed by atoms with Crippen LogP contribution in [0.25, 0.3) is 0 Å². The minimum atomic E-state index is -0.646. The Morgan fingerprint density at radius 1 is 1.00 bits per heavy atom. The molecule has 0 aliphatic carbocycles. The molecule has 3 saturated heterocycles. The first-order valence-electron chi connectivity index (χ1n) is 10.3. The zero-order valence-electron chi connectivity index (χ0n) is 16.2. The van der Waals surface area contributed by atoms with Gasteiger partial charge in [-0.2, -0.15) is 0 Å². The maximum atomic E-state index is 14.7. The summed E-state index contributed by atoms with van der Waals surface area (Å²) in [6.45, 7) is 3.35. The van der Waals surface area contributed by atoms with Crippen molar-refractivity contribution in [2.75, 3.05) is 26.2 Å². The lowest BCUT2D eigenvalue weighted by molar-refractivity contribution is -0.0463. The van der Waals surface area contributed by atoms with Crippen molar-refractivity contribution >= 4 is 6.09 Å². The van der Waals surface area contributed by atoms with Crippen LogP contribution in [0.1, 0.15) is 35.6 Å². The largest absolute Gasteiger partial charge is 0.444 e. The van der Waals surface area contributed by atoms with Gasteiger partial charge in [-0.3, -0.25) is 9.80 Å². The SMILES string of the molecule is O=C(O[C@@H]1CN2CCC1CC2)N1CCc2ccccc2[C@@H]1c1ccc(F)cc1F. The van der Waals surface area contributed by atoms with Gasteiger partial charge < -0.3 is 4.74 Å². The van der Waals surface area contributed by atoms with E-state index in [-0.39, 0.29) is 6.10 Å². The summed E-state index contributed by atoms with van der Waals surface area (Å²) in [5.41, 5.74) is 2.24. The summed E-state index contributed by atoms with van der Waals surface area (Å²) in [4.78, 5) is 17.1. The van der Waals surface area contributed by atoms with E-state index in [0.29, 0.717) is 24.4 Å². The lowest BCUT2D eigenvalue weighted by atomic mass is 9.86. The van der Waals surface area contributed by atoms with Crippen LogP contribution in [-0.2, 0) is 11.2 Å². The average Bonchev–Trinajstić information content (AvgIpc) is 2.74. The fourth-order valence-electron chi connectivity index (χ4n) is 5.06. The number of halogens is 2. The fourth-order valence-corrected chi connectivity index (χ4v) is 5.06. The van der Waals surface area contributed by atoms with Crippen molar-refractivity contribution in [3.8, 4) is 0 Å². The number of ether oxygens (including phenoxy) is 1. The Morgan fingerprint density at radius 2 is 1.79 bits per heavy atom. The molecule has 29 heavy (non-hydrogen) atoms. The molecule has 0 aromatic heterocycles. The number of fused-ring (bicyclic) bond motifs is 4. The van der Waals surface area contributed by atoms with Crippen LogP contribution in [0.15, 0.2) is 42.5 Å². The first kappa shape index (κ1) is 18.6. The number of hydrogen-bond acceptors (Lipinski definition) is 3. The predicted molar refractivity (Wildman–Crippen MR) is 104 cm³/mol.